The van der Waals surface area contributed by atoms with Crippen LogP contribution >= 0.6 is 0 Å². The number of rotatable bonds is 5. The summed E-state index contributed by atoms with van der Waals surface area (Å²) < 4.78 is 0. The van der Waals surface area contributed by atoms with Crippen molar-refractivity contribution in [3.8, 4) is 0 Å². The molecule has 104 valence electrons. The Morgan fingerprint density at radius 3 is 2.58 bits per heavy atom. The highest BCUT2D eigenvalue weighted by Gasteiger charge is 2.15. The Morgan fingerprint density at radius 1 is 1.21 bits per heavy atom. The van der Waals surface area contributed by atoms with Crippen molar-refractivity contribution in [3.05, 3.63) is 35.9 Å². The predicted octanol–water partition coefficient (Wildman–Crippen LogP) is 4.22. The van der Waals surface area contributed by atoms with Gasteiger partial charge in [0.25, 0.3) is 0 Å². The van der Waals surface area contributed by atoms with Crippen molar-refractivity contribution in [2.75, 3.05) is 0 Å². The van der Waals surface area contributed by atoms with E-state index in [-0.39, 0.29) is 11.9 Å². The number of hydrogen-bond acceptors (Lipinski definition) is 1. The minimum absolute atomic E-state index is 0.111. The molecule has 2 nitrogen and oxygen atoms in total. The summed E-state index contributed by atoms with van der Waals surface area (Å²) >= 11 is 0. The van der Waals surface area contributed by atoms with Gasteiger partial charge in [-0.05, 0) is 24.8 Å². The van der Waals surface area contributed by atoms with Crippen LogP contribution in [-0.2, 0) is 4.79 Å². The molecule has 0 aromatic heterocycles. The Bertz CT molecular complexity index is 382. The Morgan fingerprint density at radius 2 is 1.89 bits per heavy atom. The fourth-order valence-electron chi connectivity index (χ4n) is 2.95. The molecule has 1 atom stereocenters. The van der Waals surface area contributed by atoms with Gasteiger partial charge in [-0.1, -0.05) is 62.4 Å². The van der Waals surface area contributed by atoms with E-state index in [9.17, 15) is 4.79 Å². The van der Waals surface area contributed by atoms with Gasteiger partial charge in [0, 0.05) is 6.42 Å². The summed E-state index contributed by atoms with van der Waals surface area (Å²) in [7, 11) is 0. The van der Waals surface area contributed by atoms with E-state index in [1.54, 1.807) is 0 Å². The second-order valence-corrected chi connectivity index (χ2v) is 5.74. The first-order valence-electron chi connectivity index (χ1n) is 7.60. The Kier molecular flexibility index (Phi) is 5.44. The number of nitrogens with one attached hydrogen (secondary N) is 1. The summed E-state index contributed by atoms with van der Waals surface area (Å²) in [4.78, 5) is 12.0. The monoisotopic (exact) mass is 259 g/mol. The Labute approximate surface area is 116 Å². The lowest BCUT2D eigenvalue weighted by atomic mass is 9.86. The maximum Gasteiger partial charge on any atom is 0.220 e. The third kappa shape index (κ3) is 4.70. The maximum absolute atomic E-state index is 12.0. The molecule has 2 rings (SSSR count). The number of amides is 1. The lowest BCUT2D eigenvalue weighted by Gasteiger charge is -2.21. The van der Waals surface area contributed by atoms with Crippen molar-refractivity contribution in [1.29, 1.82) is 0 Å². The van der Waals surface area contributed by atoms with Gasteiger partial charge in [-0.3, -0.25) is 4.79 Å². The highest BCUT2D eigenvalue weighted by Crippen LogP contribution is 2.27. The van der Waals surface area contributed by atoms with E-state index < -0.39 is 0 Å². The van der Waals surface area contributed by atoms with Gasteiger partial charge in [-0.25, -0.2) is 0 Å². The molecule has 1 aromatic rings. The predicted molar refractivity (Wildman–Crippen MR) is 78.8 cm³/mol. The van der Waals surface area contributed by atoms with Gasteiger partial charge in [0.2, 0.25) is 5.91 Å². The zero-order chi connectivity index (χ0) is 13.5. The SMILES string of the molecule is C[C@H](NC(=O)CCC1CCCCC1)c1ccccc1. The second kappa shape index (κ2) is 7.32. The van der Waals surface area contributed by atoms with Crippen LogP contribution < -0.4 is 5.32 Å². The molecule has 0 unspecified atom stereocenters. The zero-order valence-electron chi connectivity index (χ0n) is 11.9. The van der Waals surface area contributed by atoms with Crippen molar-refractivity contribution in [2.45, 2.75) is 57.9 Å². The molecule has 1 aliphatic rings. The molecule has 1 saturated carbocycles. The first-order valence-corrected chi connectivity index (χ1v) is 7.60. The van der Waals surface area contributed by atoms with E-state index in [0.717, 1.165) is 12.3 Å². The maximum atomic E-state index is 12.0. The van der Waals surface area contributed by atoms with Crippen LogP contribution in [0.25, 0.3) is 0 Å². The standard InChI is InChI=1S/C17H25NO/c1-14(16-10-6-3-7-11-16)18-17(19)13-12-15-8-4-2-5-9-15/h3,6-7,10-11,14-15H,2,4-5,8-9,12-13H2,1H3,(H,18,19)/t14-/m0/s1. The molecule has 1 N–H and O–H groups in total. The van der Waals surface area contributed by atoms with Gasteiger partial charge in [0.1, 0.15) is 0 Å². The van der Waals surface area contributed by atoms with Crippen LogP contribution in [0, 0.1) is 5.92 Å². The number of carbonyl (C=O) groups is 1. The van der Waals surface area contributed by atoms with E-state index in [2.05, 4.69) is 17.4 Å². The number of hydrogen-bond donors (Lipinski definition) is 1. The summed E-state index contributed by atoms with van der Waals surface area (Å²) in [6.45, 7) is 2.05. The van der Waals surface area contributed by atoms with E-state index >= 15 is 0 Å². The molecule has 0 heterocycles. The number of benzene rings is 1. The molecule has 1 fully saturated rings. The van der Waals surface area contributed by atoms with Crippen LogP contribution in [0.3, 0.4) is 0 Å². The van der Waals surface area contributed by atoms with Crippen LogP contribution in [0.2, 0.25) is 0 Å². The molecule has 1 aromatic carbocycles. The molecule has 19 heavy (non-hydrogen) atoms. The van der Waals surface area contributed by atoms with Crippen LogP contribution in [0.15, 0.2) is 30.3 Å². The lowest BCUT2D eigenvalue weighted by Crippen LogP contribution is -2.27. The topological polar surface area (TPSA) is 29.1 Å². The summed E-state index contributed by atoms with van der Waals surface area (Å²) in [6, 6.07) is 10.3. The highest BCUT2D eigenvalue weighted by atomic mass is 16.1. The number of carbonyl (C=O) groups excluding carboxylic acids is 1. The van der Waals surface area contributed by atoms with E-state index in [1.165, 1.54) is 37.7 Å². The van der Waals surface area contributed by atoms with Crippen molar-refractivity contribution in [1.82, 2.24) is 5.32 Å². The molecule has 0 aliphatic heterocycles. The largest absolute Gasteiger partial charge is 0.350 e. The van der Waals surface area contributed by atoms with Gasteiger partial charge >= 0.3 is 0 Å². The summed E-state index contributed by atoms with van der Waals surface area (Å²) in [5, 5.41) is 3.10. The summed E-state index contributed by atoms with van der Waals surface area (Å²) in [5.41, 5.74) is 1.17. The molecule has 2 heteroatoms. The summed E-state index contributed by atoms with van der Waals surface area (Å²) in [5.74, 6) is 0.980. The highest BCUT2D eigenvalue weighted by molar-refractivity contribution is 5.76. The Balaban J connectivity index is 1.71. The molecule has 1 amide bonds. The third-order valence-electron chi connectivity index (χ3n) is 4.18. The van der Waals surface area contributed by atoms with E-state index in [0.29, 0.717) is 6.42 Å². The van der Waals surface area contributed by atoms with Crippen LogP contribution in [-0.4, -0.2) is 5.91 Å². The van der Waals surface area contributed by atoms with Crippen molar-refractivity contribution >= 4 is 5.91 Å². The molecular formula is C17H25NO. The van der Waals surface area contributed by atoms with Crippen molar-refractivity contribution < 1.29 is 4.79 Å². The van der Waals surface area contributed by atoms with Gasteiger partial charge in [0.05, 0.1) is 6.04 Å². The van der Waals surface area contributed by atoms with Crippen molar-refractivity contribution in [2.24, 2.45) is 5.92 Å². The second-order valence-electron chi connectivity index (χ2n) is 5.74. The van der Waals surface area contributed by atoms with Gasteiger partial charge in [0.15, 0.2) is 0 Å². The first kappa shape index (κ1) is 14.1. The lowest BCUT2D eigenvalue weighted by molar-refractivity contribution is -0.122. The van der Waals surface area contributed by atoms with Gasteiger partial charge in [-0.2, -0.15) is 0 Å². The minimum Gasteiger partial charge on any atom is -0.350 e. The molecular weight excluding hydrogens is 234 g/mol. The molecule has 0 saturated heterocycles. The Hall–Kier alpha value is -1.31. The fourth-order valence-corrected chi connectivity index (χ4v) is 2.95. The third-order valence-corrected chi connectivity index (χ3v) is 4.18. The van der Waals surface area contributed by atoms with Crippen LogP contribution in [0.1, 0.15) is 63.5 Å². The quantitative estimate of drug-likeness (QED) is 0.842. The van der Waals surface area contributed by atoms with Crippen molar-refractivity contribution in [3.63, 3.8) is 0 Å². The minimum atomic E-state index is 0.111. The smallest absolute Gasteiger partial charge is 0.220 e. The average molecular weight is 259 g/mol. The van der Waals surface area contributed by atoms with E-state index in [1.807, 2.05) is 25.1 Å². The first-order chi connectivity index (χ1) is 9.25. The van der Waals surface area contributed by atoms with Gasteiger partial charge < -0.3 is 5.32 Å². The van der Waals surface area contributed by atoms with Gasteiger partial charge in [-0.15, -0.1) is 0 Å². The molecule has 0 radical (unpaired) electrons. The normalized spacial score (nSPS) is 17.9. The van der Waals surface area contributed by atoms with Crippen LogP contribution in [0.4, 0.5) is 0 Å². The van der Waals surface area contributed by atoms with E-state index in [4.69, 9.17) is 0 Å². The molecule has 0 bridgehead atoms. The van der Waals surface area contributed by atoms with Crippen LogP contribution in [0.5, 0.6) is 0 Å². The fraction of sp³-hybridized carbons (Fsp3) is 0.588. The molecule has 0 spiro atoms. The average Bonchev–Trinajstić information content (AvgIpc) is 2.47. The summed E-state index contributed by atoms with van der Waals surface area (Å²) in [6.07, 6.45) is 8.48. The zero-order valence-corrected chi connectivity index (χ0v) is 11.9. The molecule has 1 aliphatic carbocycles.